The van der Waals surface area contributed by atoms with Gasteiger partial charge in [-0.15, -0.1) is 0 Å². The fourth-order valence-electron chi connectivity index (χ4n) is 11.6. The van der Waals surface area contributed by atoms with Crippen molar-refractivity contribution in [2.24, 2.45) is 0 Å². The Morgan fingerprint density at radius 1 is 0.290 bits per heavy atom. The van der Waals surface area contributed by atoms with Gasteiger partial charge in [-0.2, -0.15) is 0 Å². The van der Waals surface area contributed by atoms with Crippen molar-refractivity contribution in [1.82, 2.24) is 4.57 Å². The fraction of sp³-hybridized carbons (Fsp3) is 0.0625. The molecule has 1 aromatic heterocycles. The molecule has 0 spiro atoms. The molecule has 69 heavy (non-hydrogen) atoms. The molecule has 10 aromatic carbocycles. The monoisotopic (exact) mass is 885 g/mol. The highest BCUT2D eigenvalue weighted by atomic mass is 15.3. The number of nitrogens with zero attached hydrogens (tertiary/aromatic N) is 5. The third-order valence-corrected chi connectivity index (χ3v) is 14.8. The van der Waals surface area contributed by atoms with Crippen LogP contribution in [0, 0.1) is 6.92 Å². The van der Waals surface area contributed by atoms with E-state index in [-0.39, 0.29) is 5.41 Å². The van der Waals surface area contributed by atoms with Gasteiger partial charge in [0.05, 0.1) is 56.5 Å². The minimum Gasteiger partial charge on any atom is -0.309 e. The Kier molecular flexibility index (Phi) is 8.47. The van der Waals surface area contributed by atoms with Crippen molar-refractivity contribution in [2.75, 3.05) is 19.6 Å². The summed E-state index contributed by atoms with van der Waals surface area (Å²) >= 11 is 0. The molecule has 328 valence electrons. The van der Waals surface area contributed by atoms with Crippen molar-refractivity contribution < 1.29 is 0 Å². The average molecular weight is 886 g/mol. The molecule has 11 aromatic rings. The van der Waals surface area contributed by atoms with Gasteiger partial charge in [0.2, 0.25) is 0 Å². The van der Waals surface area contributed by atoms with Crippen molar-refractivity contribution in [3.8, 4) is 16.8 Å². The average Bonchev–Trinajstić information content (AvgIpc) is 3.83. The predicted octanol–water partition coefficient (Wildman–Crippen LogP) is 17.9. The second-order valence-electron chi connectivity index (χ2n) is 19.1. The maximum absolute atomic E-state index is 2.51. The van der Waals surface area contributed by atoms with Gasteiger partial charge in [0, 0.05) is 44.6 Å². The van der Waals surface area contributed by atoms with Crippen LogP contribution in [0.2, 0.25) is 0 Å². The zero-order valence-electron chi connectivity index (χ0n) is 38.7. The highest BCUT2D eigenvalue weighted by Crippen LogP contribution is 2.58. The van der Waals surface area contributed by atoms with E-state index in [9.17, 15) is 0 Å². The summed E-state index contributed by atoms with van der Waals surface area (Å²) in [7, 11) is 0. The Labute approximate surface area is 402 Å². The highest BCUT2D eigenvalue weighted by Gasteiger charge is 2.39. The second-order valence-corrected chi connectivity index (χ2v) is 19.1. The number of benzene rings is 10. The number of aryl methyl sites for hydroxylation is 1. The van der Waals surface area contributed by atoms with Crippen molar-refractivity contribution in [3.05, 3.63) is 247 Å². The smallest absolute Gasteiger partial charge is 0.0703 e. The molecular formula is C64H47N5. The normalized spacial score (nSPS) is 14.0. The van der Waals surface area contributed by atoms with Gasteiger partial charge in [0.1, 0.15) is 0 Å². The number of para-hydroxylation sites is 10. The Balaban J connectivity index is 0.944. The number of anilines is 12. The summed E-state index contributed by atoms with van der Waals surface area (Å²) in [6.07, 6.45) is 0. The SMILES string of the molecule is Cc1ccc(-n2c3ccc(N4c5ccccc5N(c5ccccc5)c5ccccc54)cc3c3cc4c(cc32)-c2ccc(N3c5ccccc5N(c5ccccc5)c5ccccc53)cc2C4(C)C)cc1. The van der Waals surface area contributed by atoms with Gasteiger partial charge in [-0.3, -0.25) is 0 Å². The zero-order chi connectivity index (χ0) is 46.0. The molecule has 0 unspecified atom stereocenters. The van der Waals surface area contributed by atoms with Crippen LogP contribution in [0.3, 0.4) is 0 Å². The molecular weight excluding hydrogens is 839 g/mol. The minimum absolute atomic E-state index is 0.276. The van der Waals surface area contributed by atoms with E-state index in [4.69, 9.17) is 0 Å². The van der Waals surface area contributed by atoms with Gasteiger partial charge in [-0.25, -0.2) is 0 Å². The van der Waals surface area contributed by atoms with Crippen molar-refractivity contribution in [3.63, 3.8) is 0 Å². The van der Waals surface area contributed by atoms with Gasteiger partial charge >= 0.3 is 0 Å². The van der Waals surface area contributed by atoms with E-state index in [1.54, 1.807) is 0 Å². The quantitative estimate of drug-likeness (QED) is 0.171. The Morgan fingerprint density at radius 2 is 0.667 bits per heavy atom. The summed E-state index contributed by atoms with van der Waals surface area (Å²) in [4.78, 5) is 9.68. The summed E-state index contributed by atoms with van der Waals surface area (Å²) < 4.78 is 2.48. The lowest BCUT2D eigenvalue weighted by atomic mass is 9.81. The molecule has 5 nitrogen and oxygen atoms in total. The lowest BCUT2D eigenvalue weighted by Crippen LogP contribution is -2.24. The van der Waals surface area contributed by atoms with E-state index in [1.165, 1.54) is 49.6 Å². The lowest BCUT2D eigenvalue weighted by Gasteiger charge is -2.40. The summed E-state index contributed by atoms with van der Waals surface area (Å²) in [5.41, 5.74) is 23.5. The van der Waals surface area contributed by atoms with E-state index in [1.807, 2.05) is 0 Å². The number of fused-ring (bicyclic) bond motifs is 10. The molecule has 3 heterocycles. The predicted molar refractivity (Wildman–Crippen MR) is 289 cm³/mol. The second kappa shape index (κ2) is 14.9. The maximum atomic E-state index is 2.51. The molecule has 0 radical (unpaired) electrons. The summed E-state index contributed by atoms with van der Waals surface area (Å²) in [6.45, 7) is 6.98. The van der Waals surface area contributed by atoms with Gasteiger partial charge in [-0.1, -0.05) is 123 Å². The van der Waals surface area contributed by atoms with Crippen LogP contribution >= 0.6 is 0 Å². The first-order valence-corrected chi connectivity index (χ1v) is 23.9. The summed E-state index contributed by atoms with van der Waals surface area (Å²) in [5.74, 6) is 0. The van der Waals surface area contributed by atoms with Crippen LogP contribution in [0.1, 0.15) is 30.5 Å². The van der Waals surface area contributed by atoms with Crippen LogP contribution in [0.15, 0.2) is 231 Å². The molecule has 0 fully saturated rings. The third-order valence-electron chi connectivity index (χ3n) is 14.8. The van der Waals surface area contributed by atoms with E-state index >= 15 is 0 Å². The largest absolute Gasteiger partial charge is 0.309 e. The van der Waals surface area contributed by atoms with Crippen molar-refractivity contribution in [2.45, 2.75) is 26.2 Å². The van der Waals surface area contributed by atoms with Gasteiger partial charge in [0.25, 0.3) is 0 Å². The first-order valence-electron chi connectivity index (χ1n) is 23.9. The molecule has 0 saturated heterocycles. The summed E-state index contributed by atoms with van der Waals surface area (Å²) in [6, 6.07) is 84.8. The molecule has 0 N–H and O–H groups in total. The molecule has 0 amide bonds. The number of aromatic nitrogens is 1. The number of rotatable bonds is 5. The Morgan fingerprint density at radius 3 is 1.14 bits per heavy atom. The van der Waals surface area contributed by atoms with Crippen LogP contribution in [0.5, 0.6) is 0 Å². The fourth-order valence-corrected chi connectivity index (χ4v) is 11.6. The highest BCUT2D eigenvalue weighted by molar-refractivity contribution is 6.14. The first-order chi connectivity index (χ1) is 33.9. The van der Waals surface area contributed by atoms with Crippen molar-refractivity contribution >= 4 is 90.1 Å². The van der Waals surface area contributed by atoms with E-state index in [2.05, 4.69) is 275 Å². The first kappa shape index (κ1) is 39.4. The van der Waals surface area contributed by atoms with Crippen LogP contribution in [-0.4, -0.2) is 4.57 Å². The number of hydrogen-bond donors (Lipinski definition) is 0. The van der Waals surface area contributed by atoms with Crippen LogP contribution in [0.25, 0.3) is 38.6 Å². The van der Waals surface area contributed by atoms with Gasteiger partial charge in [-0.05, 0) is 157 Å². The minimum atomic E-state index is -0.276. The molecule has 0 atom stereocenters. The third kappa shape index (κ3) is 5.77. The van der Waals surface area contributed by atoms with Gasteiger partial charge < -0.3 is 24.2 Å². The number of hydrogen-bond acceptors (Lipinski definition) is 4. The topological polar surface area (TPSA) is 17.9 Å². The lowest BCUT2D eigenvalue weighted by molar-refractivity contribution is 0.661. The standard InChI is InChI=1S/C64H47N5/c1-42-30-32-45(33-31-42)65-54-37-35-46(68-59-26-14-10-22-55(59)66(43-18-6-4-7-19-43)56-23-11-15-27-60(56)68)38-50(54)51-40-53-49(41-63(51)65)48-36-34-47(39-52(48)64(53,2)3)69-61-28-16-12-24-57(61)67(44-20-8-5-9-21-44)58-25-13-17-29-62(58)69/h4-41H,1-3H3. The zero-order valence-corrected chi connectivity index (χ0v) is 38.7. The Hall–Kier alpha value is -8.80. The molecule has 2 aliphatic heterocycles. The van der Waals surface area contributed by atoms with E-state index < -0.39 is 0 Å². The van der Waals surface area contributed by atoms with Crippen LogP contribution < -0.4 is 19.6 Å². The van der Waals surface area contributed by atoms with Crippen LogP contribution in [-0.2, 0) is 5.41 Å². The molecule has 5 heteroatoms. The molecule has 0 saturated carbocycles. The summed E-state index contributed by atoms with van der Waals surface area (Å²) in [5, 5.41) is 2.47. The molecule has 1 aliphatic carbocycles. The van der Waals surface area contributed by atoms with Crippen molar-refractivity contribution in [1.29, 1.82) is 0 Å². The van der Waals surface area contributed by atoms with E-state index in [0.717, 1.165) is 73.9 Å². The van der Waals surface area contributed by atoms with E-state index in [0.29, 0.717) is 0 Å². The molecule has 14 rings (SSSR count). The molecule has 3 aliphatic rings. The maximum Gasteiger partial charge on any atom is 0.0703 e. The molecule has 0 bridgehead atoms. The van der Waals surface area contributed by atoms with Gasteiger partial charge in [0.15, 0.2) is 0 Å². The Bertz CT molecular complexity index is 3760. The van der Waals surface area contributed by atoms with Crippen LogP contribution in [0.4, 0.5) is 68.2 Å².